The fraction of sp³-hybridized carbons (Fsp3) is 0.391. The summed E-state index contributed by atoms with van der Waals surface area (Å²) in [5.41, 5.74) is 4.00. The lowest BCUT2D eigenvalue weighted by Gasteiger charge is -2.20. The van der Waals surface area contributed by atoms with E-state index in [9.17, 15) is 9.59 Å². The monoisotopic (exact) mass is 377 g/mol. The van der Waals surface area contributed by atoms with Gasteiger partial charge >= 0.3 is 0 Å². The predicted octanol–water partition coefficient (Wildman–Crippen LogP) is 3.51. The van der Waals surface area contributed by atoms with Gasteiger partial charge in [-0.25, -0.2) is 0 Å². The molecule has 2 aromatic rings. The van der Waals surface area contributed by atoms with Crippen molar-refractivity contribution in [1.29, 1.82) is 0 Å². The van der Waals surface area contributed by atoms with Gasteiger partial charge in [-0.15, -0.1) is 0 Å². The SMILES string of the molecule is CN(C)c1ccc(C(=O)N2CC(CCN3CCCC3=O)c3ccccc32)cc1. The maximum atomic E-state index is 13.2. The Labute approximate surface area is 166 Å². The van der Waals surface area contributed by atoms with Gasteiger partial charge in [0.2, 0.25) is 5.91 Å². The van der Waals surface area contributed by atoms with E-state index >= 15 is 0 Å². The first-order valence-electron chi connectivity index (χ1n) is 10.0. The number of hydrogen-bond donors (Lipinski definition) is 0. The number of benzene rings is 2. The van der Waals surface area contributed by atoms with Crippen molar-refractivity contribution in [1.82, 2.24) is 4.90 Å². The van der Waals surface area contributed by atoms with Crippen molar-refractivity contribution in [2.45, 2.75) is 25.2 Å². The molecule has 1 atom stereocenters. The molecule has 2 aliphatic rings. The molecule has 4 rings (SSSR count). The lowest BCUT2D eigenvalue weighted by atomic mass is 9.98. The lowest BCUT2D eigenvalue weighted by Crippen LogP contribution is -2.31. The summed E-state index contributed by atoms with van der Waals surface area (Å²) in [7, 11) is 3.98. The number of anilines is 2. The first-order valence-corrected chi connectivity index (χ1v) is 10.0. The number of fused-ring (bicyclic) bond motifs is 1. The van der Waals surface area contributed by atoms with Gasteiger partial charge in [-0.05, 0) is 48.7 Å². The highest BCUT2D eigenvalue weighted by Gasteiger charge is 2.33. The van der Waals surface area contributed by atoms with Crippen LogP contribution >= 0.6 is 0 Å². The Kier molecular flexibility index (Phi) is 5.07. The highest BCUT2D eigenvalue weighted by molar-refractivity contribution is 6.07. The Bertz CT molecular complexity index is 876. The number of carbonyl (C=O) groups is 2. The van der Waals surface area contributed by atoms with Crippen LogP contribution in [0.4, 0.5) is 11.4 Å². The Morgan fingerprint density at radius 2 is 1.86 bits per heavy atom. The van der Waals surface area contributed by atoms with Crippen molar-refractivity contribution < 1.29 is 9.59 Å². The van der Waals surface area contributed by atoms with Gasteiger partial charge in [0.15, 0.2) is 0 Å². The quantitative estimate of drug-likeness (QED) is 0.801. The van der Waals surface area contributed by atoms with E-state index < -0.39 is 0 Å². The molecule has 28 heavy (non-hydrogen) atoms. The molecule has 0 aliphatic carbocycles. The van der Waals surface area contributed by atoms with Gasteiger partial charge < -0.3 is 14.7 Å². The number of rotatable bonds is 5. The van der Waals surface area contributed by atoms with E-state index in [1.807, 2.05) is 71.3 Å². The van der Waals surface area contributed by atoms with Gasteiger partial charge in [-0.3, -0.25) is 9.59 Å². The van der Waals surface area contributed by atoms with Crippen molar-refractivity contribution >= 4 is 23.2 Å². The van der Waals surface area contributed by atoms with E-state index in [-0.39, 0.29) is 17.7 Å². The van der Waals surface area contributed by atoms with Crippen LogP contribution < -0.4 is 9.80 Å². The van der Waals surface area contributed by atoms with Crippen molar-refractivity contribution in [2.24, 2.45) is 0 Å². The third kappa shape index (κ3) is 3.49. The summed E-state index contributed by atoms with van der Waals surface area (Å²) in [6.07, 6.45) is 2.54. The number of hydrogen-bond acceptors (Lipinski definition) is 3. The van der Waals surface area contributed by atoms with Gasteiger partial charge in [0.05, 0.1) is 0 Å². The molecule has 146 valence electrons. The molecule has 0 bridgehead atoms. The van der Waals surface area contributed by atoms with E-state index in [1.54, 1.807) is 0 Å². The van der Waals surface area contributed by atoms with Crippen molar-refractivity contribution in [3.05, 3.63) is 59.7 Å². The van der Waals surface area contributed by atoms with Gasteiger partial charge in [-0.2, -0.15) is 0 Å². The van der Waals surface area contributed by atoms with E-state index in [0.717, 1.165) is 37.3 Å². The summed E-state index contributed by atoms with van der Waals surface area (Å²) >= 11 is 0. The molecule has 0 spiro atoms. The molecule has 5 nitrogen and oxygen atoms in total. The first-order chi connectivity index (χ1) is 13.5. The molecule has 1 fully saturated rings. The highest BCUT2D eigenvalue weighted by Crippen LogP contribution is 2.39. The zero-order chi connectivity index (χ0) is 19.7. The molecule has 2 heterocycles. The number of likely N-dealkylation sites (tertiary alicyclic amines) is 1. The van der Waals surface area contributed by atoms with Gasteiger partial charge in [0.1, 0.15) is 0 Å². The van der Waals surface area contributed by atoms with Gasteiger partial charge in [0, 0.05) is 63.0 Å². The van der Waals surface area contributed by atoms with Crippen LogP contribution in [-0.4, -0.2) is 50.4 Å². The van der Waals surface area contributed by atoms with Crippen LogP contribution in [-0.2, 0) is 4.79 Å². The van der Waals surface area contributed by atoms with Crippen LogP contribution in [0.3, 0.4) is 0 Å². The molecular formula is C23H27N3O2. The van der Waals surface area contributed by atoms with Gasteiger partial charge in [-0.1, -0.05) is 18.2 Å². The van der Waals surface area contributed by atoms with Crippen molar-refractivity contribution in [3.63, 3.8) is 0 Å². The Hall–Kier alpha value is -2.82. The summed E-state index contributed by atoms with van der Waals surface area (Å²) in [6.45, 7) is 2.32. The third-order valence-corrected chi connectivity index (χ3v) is 5.87. The summed E-state index contributed by atoms with van der Waals surface area (Å²) in [5.74, 6) is 0.576. The van der Waals surface area contributed by atoms with E-state index in [1.165, 1.54) is 5.56 Å². The smallest absolute Gasteiger partial charge is 0.258 e. The summed E-state index contributed by atoms with van der Waals surface area (Å²) in [6, 6.07) is 15.9. The number of carbonyl (C=O) groups excluding carboxylic acids is 2. The summed E-state index contributed by atoms with van der Waals surface area (Å²) < 4.78 is 0. The van der Waals surface area contributed by atoms with Crippen LogP contribution in [0.2, 0.25) is 0 Å². The molecule has 2 aliphatic heterocycles. The minimum atomic E-state index is 0.0394. The van der Waals surface area contributed by atoms with Crippen LogP contribution in [0.1, 0.15) is 41.1 Å². The van der Waals surface area contributed by atoms with Crippen molar-refractivity contribution in [2.75, 3.05) is 43.5 Å². The molecule has 5 heteroatoms. The normalized spacial score (nSPS) is 18.5. The number of nitrogens with zero attached hydrogens (tertiary/aromatic N) is 3. The molecule has 0 N–H and O–H groups in total. The summed E-state index contributed by atoms with van der Waals surface area (Å²) in [5, 5.41) is 0. The minimum Gasteiger partial charge on any atom is -0.378 e. The van der Waals surface area contributed by atoms with E-state index in [4.69, 9.17) is 0 Å². The highest BCUT2D eigenvalue weighted by atomic mass is 16.2. The molecule has 1 unspecified atom stereocenters. The van der Waals surface area contributed by atoms with Crippen LogP contribution in [0.5, 0.6) is 0 Å². The second-order valence-corrected chi connectivity index (χ2v) is 7.89. The fourth-order valence-corrected chi connectivity index (χ4v) is 4.24. The standard InChI is InChI=1S/C23H27N3O2/c1-24(2)19-11-9-17(10-12-19)23(28)26-16-18(20-6-3-4-7-21(20)26)13-15-25-14-5-8-22(25)27/h3-4,6-7,9-12,18H,5,8,13-16H2,1-2H3. The van der Waals surface area contributed by atoms with Crippen molar-refractivity contribution in [3.8, 4) is 0 Å². The van der Waals surface area contributed by atoms with Crippen LogP contribution in [0, 0.1) is 0 Å². The average molecular weight is 377 g/mol. The molecular weight excluding hydrogens is 350 g/mol. The molecule has 0 radical (unpaired) electrons. The fourth-order valence-electron chi connectivity index (χ4n) is 4.24. The first kappa shape index (κ1) is 18.5. The van der Waals surface area contributed by atoms with Gasteiger partial charge in [0.25, 0.3) is 5.91 Å². The Morgan fingerprint density at radius 3 is 2.54 bits per heavy atom. The van der Waals surface area contributed by atoms with E-state index in [2.05, 4.69) is 6.07 Å². The zero-order valence-corrected chi connectivity index (χ0v) is 16.6. The Balaban J connectivity index is 1.51. The van der Waals surface area contributed by atoms with E-state index in [0.29, 0.717) is 18.5 Å². The lowest BCUT2D eigenvalue weighted by molar-refractivity contribution is -0.127. The molecule has 2 amide bonds. The molecule has 1 saturated heterocycles. The summed E-state index contributed by atoms with van der Waals surface area (Å²) in [4.78, 5) is 31.0. The largest absolute Gasteiger partial charge is 0.378 e. The maximum Gasteiger partial charge on any atom is 0.258 e. The van der Waals surface area contributed by atoms with Crippen LogP contribution in [0.25, 0.3) is 0 Å². The Morgan fingerprint density at radius 1 is 1.11 bits per heavy atom. The second-order valence-electron chi connectivity index (χ2n) is 7.89. The molecule has 0 saturated carbocycles. The number of para-hydroxylation sites is 1. The maximum absolute atomic E-state index is 13.2. The predicted molar refractivity (Wildman–Crippen MR) is 112 cm³/mol. The number of amides is 2. The van der Waals surface area contributed by atoms with Crippen LogP contribution in [0.15, 0.2) is 48.5 Å². The average Bonchev–Trinajstić information content (AvgIpc) is 3.29. The molecule has 0 aromatic heterocycles. The third-order valence-electron chi connectivity index (χ3n) is 5.87. The topological polar surface area (TPSA) is 43.9 Å². The second kappa shape index (κ2) is 7.66. The molecule has 2 aromatic carbocycles. The zero-order valence-electron chi connectivity index (χ0n) is 16.6. The minimum absolute atomic E-state index is 0.0394.